The molecule has 1 N–H and O–H groups in total. The summed E-state index contributed by atoms with van der Waals surface area (Å²) >= 11 is 0. The Kier molecular flexibility index (Phi) is 6.46. The molecule has 8 nitrogen and oxygen atoms in total. The largest absolute Gasteiger partial charge is 0.493 e. The van der Waals surface area contributed by atoms with Crippen LogP contribution in [0.5, 0.6) is 11.5 Å². The lowest BCUT2D eigenvalue weighted by molar-refractivity contribution is 0.0802. The van der Waals surface area contributed by atoms with Crippen LogP contribution in [0, 0.1) is 0 Å². The fourth-order valence-electron chi connectivity index (χ4n) is 4.87. The number of hydrogen-bond donors (Lipinski definition) is 1. The number of aryl methyl sites for hydroxylation is 1. The molecule has 1 fully saturated rings. The molecule has 1 saturated carbocycles. The molecule has 1 aliphatic carbocycles. The van der Waals surface area contributed by atoms with Crippen LogP contribution in [-0.4, -0.2) is 63.3 Å². The van der Waals surface area contributed by atoms with Gasteiger partial charge in [0.25, 0.3) is 6.43 Å². The summed E-state index contributed by atoms with van der Waals surface area (Å²) in [4.78, 5) is 6.62. The van der Waals surface area contributed by atoms with E-state index in [0.717, 1.165) is 34.4 Å². The van der Waals surface area contributed by atoms with E-state index in [0.29, 0.717) is 31.0 Å². The van der Waals surface area contributed by atoms with Gasteiger partial charge in [0.2, 0.25) is 5.82 Å². The van der Waals surface area contributed by atoms with Crippen LogP contribution in [0.25, 0.3) is 11.4 Å². The summed E-state index contributed by atoms with van der Waals surface area (Å²) < 4.78 is 36.5. The summed E-state index contributed by atoms with van der Waals surface area (Å²) in [5.74, 6) is 1.16. The van der Waals surface area contributed by atoms with Gasteiger partial charge in [-0.05, 0) is 49.1 Å². The summed E-state index contributed by atoms with van der Waals surface area (Å²) in [5.41, 5.74) is 4.33. The number of ether oxygens (including phenoxy) is 2. The maximum Gasteiger partial charge on any atom is 0.272 e. The number of aliphatic hydroxyl groups excluding tert-OH is 1. The minimum atomic E-state index is -2.59. The van der Waals surface area contributed by atoms with Gasteiger partial charge in [-0.25, -0.2) is 8.78 Å². The molecule has 10 heteroatoms. The maximum absolute atomic E-state index is 12.8. The first kappa shape index (κ1) is 23.3. The Morgan fingerprint density at radius 1 is 1.11 bits per heavy atom. The van der Waals surface area contributed by atoms with Gasteiger partial charge in [-0.15, -0.1) is 10.2 Å². The van der Waals surface area contributed by atoms with Crippen molar-refractivity contribution in [1.82, 2.24) is 20.2 Å². The minimum Gasteiger partial charge on any atom is -0.493 e. The Balaban J connectivity index is 1.55. The van der Waals surface area contributed by atoms with E-state index in [1.807, 2.05) is 31.2 Å². The molecule has 1 aromatic heterocycles. The second kappa shape index (κ2) is 9.69. The average molecular weight is 484 g/mol. The van der Waals surface area contributed by atoms with E-state index < -0.39 is 19.1 Å². The molecule has 2 aromatic carbocycles. The molecule has 184 valence electrons. The van der Waals surface area contributed by atoms with Crippen molar-refractivity contribution in [1.29, 1.82) is 0 Å². The van der Waals surface area contributed by atoms with Gasteiger partial charge in [-0.3, -0.25) is 4.99 Å². The molecule has 2 heterocycles. The number of alkyl halides is 2. The zero-order valence-electron chi connectivity index (χ0n) is 19.6. The van der Waals surface area contributed by atoms with E-state index >= 15 is 0 Å². The number of tetrazole rings is 1. The number of aliphatic hydroxyl groups is 1. The van der Waals surface area contributed by atoms with Gasteiger partial charge in [0, 0.05) is 22.6 Å². The number of aromatic nitrogens is 4. The van der Waals surface area contributed by atoms with Crippen molar-refractivity contribution in [2.24, 2.45) is 4.99 Å². The second-order valence-electron chi connectivity index (χ2n) is 8.79. The molecule has 35 heavy (non-hydrogen) atoms. The highest BCUT2D eigenvalue weighted by Crippen LogP contribution is 2.45. The lowest BCUT2D eigenvalue weighted by Crippen LogP contribution is -2.34. The number of benzene rings is 2. The molecule has 0 saturated heterocycles. The van der Waals surface area contributed by atoms with Gasteiger partial charge in [0.15, 0.2) is 11.5 Å². The normalized spacial score (nSPS) is 21.3. The third kappa shape index (κ3) is 4.62. The summed E-state index contributed by atoms with van der Waals surface area (Å²) in [5, 5.41) is 22.8. The zero-order chi connectivity index (χ0) is 24.5. The van der Waals surface area contributed by atoms with Crippen molar-refractivity contribution in [3.05, 3.63) is 53.1 Å². The van der Waals surface area contributed by atoms with Crippen molar-refractivity contribution in [2.75, 3.05) is 13.7 Å². The predicted molar refractivity (Wildman–Crippen MR) is 125 cm³/mol. The number of fused-ring (bicyclic) bond motifs is 3. The fraction of sp³-hybridized carbons (Fsp3) is 0.440. The average Bonchev–Trinajstić information content (AvgIpc) is 3.36. The number of halogens is 2. The molecule has 3 unspecified atom stereocenters. The third-order valence-electron chi connectivity index (χ3n) is 6.59. The van der Waals surface area contributed by atoms with Crippen LogP contribution in [0.4, 0.5) is 8.78 Å². The standard InChI is InChI=1S/C25H27F2N5O3/c1-3-32-30-25(29-31-32)15-6-4-14(5-7-15)24-19-12-21(34-2)22(35-13-23(26)27)11-17(19)18-10-16(33)8-9-20(18)28-24/h4-7,11-12,16,18,20,23,33H,3,8-10,13H2,1-2H3. The van der Waals surface area contributed by atoms with Crippen LogP contribution in [0.1, 0.15) is 48.8 Å². The molecular formula is C25H27F2N5O3. The number of hydrogen-bond acceptors (Lipinski definition) is 7. The third-order valence-corrected chi connectivity index (χ3v) is 6.59. The molecule has 1 aliphatic heterocycles. The van der Waals surface area contributed by atoms with E-state index in [9.17, 15) is 13.9 Å². The Morgan fingerprint density at radius 3 is 2.57 bits per heavy atom. The molecule has 0 bridgehead atoms. The SMILES string of the molecule is CCn1nnc(-c2ccc(C3=NC4CCC(O)CC4c4cc(OCC(F)F)c(OC)cc43)cc2)n1. The Labute approximate surface area is 201 Å². The number of nitrogens with zero attached hydrogens (tertiary/aromatic N) is 5. The quantitative estimate of drug-likeness (QED) is 0.549. The Hall–Kier alpha value is -3.40. The highest BCUT2D eigenvalue weighted by Gasteiger charge is 2.37. The zero-order valence-corrected chi connectivity index (χ0v) is 19.6. The van der Waals surface area contributed by atoms with Crippen molar-refractivity contribution >= 4 is 5.71 Å². The molecule has 5 rings (SSSR count). The lowest BCUT2D eigenvalue weighted by Gasteiger charge is -2.37. The van der Waals surface area contributed by atoms with Crippen LogP contribution in [-0.2, 0) is 6.54 Å². The molecule has 3 atom stereocenters. The first-order valence-corrected chi connectivity index (χ1v) is 11.7. The van der Waals surface area contributed by atoms with E-state index in [2.05, 4.69) is 15.4 Å². The highest BCUT2D eigenvalue weighted by molar-refractivity contribution is 6.15. The van der Waals surface area contributed by atoms with Crippen LogP contribution in [0.15, 0.2) is 41.4 Å². The predicted octanol–water partition coefficient (Wildman–Crippen LogP) is 3.86. The molecule has 3 aromatic rings. The van der Waals surface area contributed by atoms with Gasteiger partial charge in [0.05, 0.1) is 31.5 Å². The van der Waals surface area contributed by atoms with Gasteiger partial charge in [0.1, 0.15) is 6.61 Å². The van der Waals surface area contributed by atoms with E-state index in [1.54, 1.807) is 12.1 Å². The number of aliphatic imine (C=N–C) groups is 1. The van der Waals surface area contributed by atoms with Crippen molar-refractivity contribution in [2.45, 2.75) is 57.2 Å². The summed E-state index contributed by atoms with van der Waals surface area (Å²) in [6.07, 6.45) is -1.03. The van der Waals surface area contributed by atoms with E-state index in [-0.39, 0.29) is 17.7 Å². The van der Waals surface area contributed by atoms with E-state index in [1.165, 1.54) is 11.9 Å². The number of methoxy groups -OCH3 is 1. The van der Waals surface area contributed by atoms with Crippen molar-refractivity contribution < 1.29 is 23.4 Å². The number of rotatable bonds is 7. The molecule has 2 aliphatic rings. The maximum atomic E-state index is 12.8. The monoisotopic (exact) mass is 483 g/mol. The van der Waals surface area contributed by atoms with Crippen molar-refractivity contribution in [3.8, 4) is 22.9 Å². The van der Waals surface area contributed by atoms with Crippen LogP contribution < -0.4 is 9.47 Å². The molecule has 0 radical (unpaired) electrons. The smallest absolute Gasteiger partial charge is 0.272 e. The van der Waals surface area contributed by atoms with Crippen LogP contribution in [0.2, 0.25) is 0 Å². The summed E-state index contributed by atoms with van der Waals surface area (Å²) in [6.45, 7) is 1.87. The van der Waals surface area contributed by atoms with Crippen LogP contribution in [0.3, 0.4) is 0 Å². The molecule has 0 spiro atoms. The topological polar surface area (TPSA) is 94.7 Å². The fourth-order valence-corrected chi connectivity index (χ4v) is 4.87. The van der Waals surface area contributed by atoms with Gasteiger partial charge in [-0.2, -0.15) is 4.80 Å². The lowest BCUT2D eigenvalue weighted by atomic mass is 9.74. The van der Waals surface area contributed by atoms with Gasteiger partial charge >= 0.3 is 0 Å². The molecular weight excluding hydrogens is 456 g/mol. The first-order chi connectivity index (χ1) is 17.0. The van der Waals surface area contributed by atoms with Crippen molar-refractivity contribution in [3.63, 3.8) is 0 Å². The molecule has 0 amide bonds. The summed E-state index contributed by atoms with van der Waals surface area (Å²) in [7, 11) is 1.48. The van der Waals surface area contributed by atoms with Gasteiger partial charge < -0.3 is 14.6 Å². The van der Waals surface area contributed by atoms with Crippen LogP contribution >= 0.6 is 0 Å². The summed E-state index contributed by atoms with van der Waals surface area (Å²) in [6, 6.07) is 11.4. The highest BCUT2D eigenvalue weighted by atomic mass is 19.3. The Morgan fingerprint density at radius 2 is 1.89 bits per heavy atom. The van der Waals surface area contributed by atoms with E-state index in [4.69, 9.17) is 14.5 Å². The van der Waals surface area contributed by atoms with Gasteiger partial charge in [-0.1, -0.05) is 24.3 Å². The minimum absolute atomic E-state index is 0.0111. The first-order valence-electron chi connectivity index (χ1n) is 11.7. The Bertz CT molecular complexity index is 1230. The second-order valence-corrected chi connectivity index (χ2v) is 8.79.